The largest absolute Gasteiger partial charge is 0.273 e. The van der Waals surface area contributed by atoms with Crippen LogP contribution in [0.4, 0.5) is 0 Å². The molecule has 0 saturated carbocycles. The Balaban J connectivity index is 1.40. The molecular weight excluding hydrogens is 412 g/mol. The summed E-state index contributed by atoms with van der Waals surface area (Å²) in [4.78, 5) is 25.2. The standard InChI is InChI=1S/C18H17BrN6O2/c19-15-10-8-14(9-11-15)18(27)22-20-16(26)7-4-12-25-23-17(21-24-25)13-5-2-1-3-6-13/h1-3,5-6,8-11H,4,7,12H2,(H,20,26)(H,22,27). The lowest BCUT2D eigenvalue weighted by Gasteiger charge is -2.07. The Labute approximate surface area is 164 Å². The second kappa shape index (κ2) is 9.04. The van der Waals surface area contributed by atoms with E-state index in [1.165, 1.54) is 4.80 Å². The van der Waals surface area contributed by atoms with Gasteiger partial charge in [-0.05, 0) is 35.9 Å². The number of amides is 2. The van der Waals surface area contributed by atoms with Gasteiger partial charge in [-0.3, -0.25) is 20.4 Å². The highest BCUT2D eigenvalue weighted by Crippen LogP contribution is 2.12. The van der Waals surface area contributed by atoms with E-state index < -0.39 is 0 Å². The topological polar surface area (TPSA) is 102 Å². The molecule has 0 radical (unpaired) electrons. The number of carbonyl (C=O) groups is 2. The van der Waals surface area contributed by atoms with Crippen molar-refractivity contribution in [1.82, 2.24) is 31.1 Å². The molecule has 3 rings (SSSR count). The van der Waals surface area contributed by atoms with Crippen LogP contribution < -0.4 is 10.9 Å². The summed E-state index contributed by atoms with van der Waals surface area (Å²) in [5.41, 5.74) is 6.13. The van der Waals surface area contributed by atoms with E-state index in [1.54, 1.807) is 24.3 Å². The fourth-order valence-electron chi connectivity index (χ4n) is 2.28. The van der Waals surface area contributed by atoms with Gasteiger partial charge in [-0.25, -0.2) is 0 Å². The second-order valence-corrected chi connectivity index (χ2v) is 6.60. The zero-order valence-electron chi connectivity index (χ0n) is 14.3. The predicted molar refractivity (Wildman–Crippen MR) is 102 cm³/mol. The van der Waals surface area contributed by atoms with Gasteiger partial charge in [-0.2, -0.15) is 4.80 Å². The molecule has 8 nitrogen and oxygen atoms in total. The number of nitrogens with zero attached hydrogens (tertiary/aromatic N) is 4. The van der Waals surface area contributed by atoms with Gasteiger partial charge in [0.25, 0.3) is 5.91 Å². The first-order valence-electron chi connectivity index (χ1n) is 8.30. The highest BCUT2D eigenvalue weighted by Gasteiger charge is 2.08. The van der Waals surface area contributed by atoms with Crippen LogP contribution in [0.5, 0.6) is 0 Å². The number of rotatable bonds is 6. The molecule has 0 bridgehead atoms. The Bertz CT molecular complexity index is 911. The summed E-state index contributed by atoms with van der Waals surface area (Å²) in [5, 5.41) is 12.3. The fraction of sp³-hybridized carbons (Fsp3) is 0.167. The Hall–Kier alpha value is -3.07. The smallest absolute Gasteiger partial charge is 0.269 e. The summed E-state index contributed by atoms with van der Waals surface area (Å²) in [5.74, 6) is -0.119. The molecule has 0 aliphatic carbocycles. The van der Waals surface area contributed by atoms with E-state index in [4.69, 9.17) is 0 Å². The van der Waals surface area contributed by atoms with Gasteiger partial charge in [0.2, 0.25) is 11.7 Å². The van der Waals surface area contributed by atoms with Crippen molar-refractivity contribution in [3.8, 4) is 11.4 Å². The summed E-state index contributed by atoms with van der Waals surface area (Å²) < 4.78 is 0.875. The van der Waals surface area contributed by atoms with Gasteiger partial charge in [0.05, 0.1) is 6.54 Å². The molecule has 9 heteroatoms. The minimum absolute atomic E-state index is 0.225. The molecule has 0 fully saturated rings. The first-order valence-corrected chi connectivity index (χ1v) is 9.09. The minimum Gasteiger partial charge on any atom is -0.273 e. The number of hydrogen-bond donors (Lipinski definition) is 2. The number of tetrazole rings is 1. The number of carbonyl (C=O) groups excluding carboxylic acids is 2. The van der Waals surface area contributed by atoms with E-state index in [9.17, 15) is 9.59 Å². The van der Waals surface area contributed by atoms with Crippen molar-refractivity contribution >= 4 is 27.7 Å². The molecule has 2 aromatic carbocycles. The van der Waals surface area contributed by atoms with Crippen molar-refractivity contribution in [2.24, 2.45) is 0 Å². The lowest BCUT2D eigenvalue weighted by atomic mass is 10.2. The van der Waals surface area contributed by atoms with Crippen molar-refractivity contribution in [2.75, 3.05) is 0 Å². The predicted octanol–water partition coefficient (Wildman–Crippen LogP) is 2.34. The van der Waals surface area contributed by atoms with Crippen LogP contribution in [0.3, 0.4) is 0 Å². The molecule has 0 unspecified atom stereocenters. The summed E-state index contributed by atoms with van der Waals surface area (Å²) in [6, 6.07) is 16.4. The number of hydrazine groups is 1. The maximum absolute atomic E-state index is 11.9. The van der Waals surface area contributed by atoms with Crippen LogP contribution in [-0.4, -0.2) is 32.0 Å². The average molecular weight is 429 g/mol. The number of benzene rings is 2. The van der Waals surface area contributed by atoms with E-state index in [0.29, 0.717) is 24.4 Å². The Morgan fingerprint density at radius 3 is 2.48 bits per heavy atom. The van der Waals surface area contributed by atoms with Crippen molar-refractivity contribution < 1.29 is 9.59 Å². The van der Waals surface area contributed by atoms with Gasteiger partial charge in [0.15, 0.2) is 0 Å². The third-order valence-corrected chi connectivity index (χ3v) is 4.20. The van der Waals surface area contributed by atoms with E-state index in [-0.39, 0.29) is 18.2 Å². The van der Waals surface area contributed by atoms with Crippen LogP contribution in [0.1, 0.15) is 23.2 Å². The number of aryl methyl sites for hydroxylation is 1. The molecule has 3 aromatic rings. The fourth-order valence-corrected chi connectivity index (χ4v) is 2.55. The molecule has 1 heterocycles. The molecule has 0 aliphatic rings. The Morgan fingerprint density at radius 2 is 1.74 bits per heavy atom. The molecule has 0 atom stereocenters. The molecule has 27 heavy (non-hydrogen) atoms. The van der Waals surface area contributed by atoms with Gasteiger partial charge in [-0.15, -0.1) is 10.2 Å². The summed E-state index contributed by atoms with van der Waals surface area (Å²) >= 11 is 3.30. The summed E-state index contributed by atoms with van der Waals surface area (Å²) in [6.07, 6.45) is 0.743. The van der Waals surface area contributed by atoms with E-state index in [2.05, 4.69) is 42.2 Å². The number of nitrogens with one attached hydrogen (secondary N) is 2. The lowest BCUT2D eigenvalue weighted by Crippen LogP contribution is -2.41. The van der Waals surface area contributed by atoms with Crippen LogP contribution in [0.25, 0.3) is 11.4 Å². The molecule has 1 aromatic heterocycles. The number of halogens is 1. The highest BCUT2D eigenvalue weighted by atomic mass is 79.9. The van der Waals surface area contributed by atoms with Crippen LogP contribution in [0, 0.1) is 0 Å². The number of aromatic nitrogens is 4. The SMILES string of the molecule is O=C(CCCn1nnc(-c2ccccc2)n1)NNC(=O)c1ccc(Br)cc1. The molecule has 0 saturated heterocycles. The van der Waals surface area contributed by atoms with Crippen molar-refractivity contribution in [3.05, 3.63) is 64.6 Å². The lowest BCUT2D eigenvalue weighted by molar-refractivity contribution is -0.122. The van der Waals surface area contributed by atoms with Gasteiger partial charge < -0.3 is 0 Å². The molecule has 0 spiro atoms. The Kier molecular flexibility index (Phi) is 6.26. The maximum atomic E-state index is 11.9. The van der Waals surface area contributed by atoms with Gasteiger partial charge in [0, 0.05) is 22.0 Å². The van der Waals surface area contributed by atoms with Crippen molar-refractivity contribution in [2.45, 2.75) is 19.4 Å². The van der Waals surface area contributed by atoms with E-state index in [0.717, 1.165) is 10.0 Å². The molecule has 2 N–H and O–H groups in total. The summed E-state index contributed by atoms with van der Waals surface area (Å²) in [6.45, 7) is 0.452. The Morgan fingerprint density at radius 1 is 1.00 bits per heavy atom. The van der Waals surface area contributed by atoms with Crippen LogP contribution in [-0.2, 0) is 11.3 Å². The zero-order valence-corrected chi connectivity index (χ0v) is 15.9. The molecule has 2 amide bonds. The van der Waals surface area contributed by atoms with Gasteiger partial charge >= 0.3 is 0 Å². The summed E-state index contributed by atoms with van der Waals surface area (Å²) in [7, 11) is 0. The third-order valence-electron chi connectivity index (χ3n) is 3.67. The van der Waals surface area contributed by atoms with Crippen LogP contribution in [0.2, 0.25) is 0 Å². The third kappa shape index (κ3) is 5.45. The first-order chi connectivity index (χ1) is 13.1. The van der Waals surface area contributed by atoms with Crippen LogP contribution in [0.15, 0.2) is 59.1 Å². The van der Waals surface area contributed by atoms with Crippen molar-refractivity contribution in [3.63, 3.8) is 0 Å². The van der Waals surface area contributed by atoms with Crippen LogP contribution >= 0.6 is 15.9 Å². The molecular formula is C18H17BrN6O2. The minimum atomic E-state index is -0.374. The van der Waals surface area contributed by atoms with Gasteiger partial charge in [0.1, 0.15) is 0 Å². The molecule has 138 valence electrons. The second-order valence-electron chi connectivity index (χ2n) is 5.69. The normalized spacial score (nSPS) is 10.4. The highest BCUT2D eigenvalue weighted by molar-refractivity contribution is 9.10. The zero-order chi connectivity index (χ0) is 19.1. The molecule has 0 aliphatic heterocycles. The number of hydrogen-bond acceptors (Lipinski definition) is 5. The van der Waals surface area contributed by atoms with Gasteiger partial charge in [-0.1, -0.05) is 46.3 Å². The maximum Gasteiger partial charge on any atom is 0.269 e. The monoisotopic (exact) mass is 428 g/mol. The quantitative estimate of drug-likeness (QED) is 0.586. The van der Waals surface area contributed by atoms with E-state index in [1.807, 2.05) is 30.3 Å². The van der Waals surface area contributed by atoms with E-state index >= 15 is 0 Å². The van der Waals surface area contributed by atoms with Crippen molar-refractivity contribution in [1.29, 1.82) is 0 Å². The average Bonchev–Trinajstić information content (AvgIpc) is 3.16. The first kappa shape index (κ1) is 18.7.